The molecular weight excluding hydrogens is 336 g/mol. The van der Waals surface area contributed by atoms with Crippen LogP contribution in [0.2, 0.25) is 0 Å². The standard InChI is InChI=1S/C22H24N4O/c1-3-14-23-21(27)20-15-17(2)24-22(25-20)26(19-12-8-5-9-13-19)16-18-10-6-4-7-11-18/h4-13,15H,3,14,16H2,1-2H3,(H,23,27). The van der Waals surface area contributed by atoms with Crippen LogP contribution < -0.4 is 10.2 Å². The number of carbonyl (C=O) groups is 1. The van der Waals surface area contributed by atoms with Crippen LogP contribution in [0.5, 0.6) is 0 Å². The highest BCUT2D eigenvalue weighted by atomic mass is 16.1. The van der Waals surface area contributed by atoms with E-state index in [1.54, 1.807) is 6.07 Å². The van der Waals surface area contributed by atoms with Crippen molar-refractivity contribution < 1.29 is 4.79 Å². The van der Waals surface area contributed by atoms with E-state index >= 15 is 0 Å². The zero-order valence-electron chi connectivity index (χ0n) is 15.7. The molecule has 0 aliphatic carbocycles. The zero-order chi connectivity index (χ0) is 19.1. The molecule has 27 heavy (non-hydrogen) atoms. The van der Waals surface area contributed by atoms with Crippen molar-refractivity contribution in [1.29, 1.82) is 0 Å². The van der Waals surface area contributed by atoms with E-state index in [0.29, 0.717) is 24.7 Å². The second-order valence-corrected chi connectivity index (χ2v) is 6.36. The number of nitrogens with one attached hydrogen (secondary N) is 1. The molecule has 1 N–H and O–H groups in total. The van der Waals surface area contributed by atoms with E-state index < -0.39 is 0 Å². The minimum absolute atomic E-state index is 0.170. The van der Waals surface area contributed by atoms with Gasteiger partial charge in [-0.15, -0.1) is 0 Å². The number of aryl methyl sites for hydroxylation is 1. The minimum atomic E-state index is -0.170. The summed E-state index contributed by atoms with van der Waals surface area (Å²) in [5, 5.41) is 2.88. The van der Waals surface area contributed by atoms with Gasteiger partial charge >= 0.3 is 0 Å². The molecule has 1 aromatic heterocycles. The normalized spacial score (nSPS) is 10.4. The summed E-state index contributed by atoms with van der Waals surface area (Å²) < 4.78 is 0. The molecule has 138 valence electrons. The van der Waals surface area contributed by atoms with Gasteiger partial charge in [0.15, 0.2) is 0 Å². The lowest BCUT2D eigenvalue weighted by Crippen LogP contribution is -2.27. The van der Waals surface area contributed by atoms with Crippen molar-refractivity contribution in [2.75, 3.05) is 11.4 Å². The Morgan fingerprint density at radius 3 is 2.33 bits per heavy atom. The SMILES string of the molecule is CCCNC(=O)c1cc(C)nc(N(Cc2ccccc2)c2ccccc2)n1. The van der Waals surface area contributed by atoms with Gasteiger partial charge in [0.2, 0.25) is 5.95 Å². The fourth-order valence-electron chi connectivity index (χ4n) is 2.77. The molecular formula is C22H24N4O. The van der Waals surface area contributed by atoms with Crippen LogP contribution in [0.25, 0.3) is 0 Å². The molecule has 0 spiro atoms. The van der Waals surface area contributed by atoms with Gasteiger partial charge in [0.05, 0.1) is 6.54 Å². The summed E-state index contributed by atoms with van der Waals surface area (Å²) in [6, 6.07) is 21.9. The molecule has 0 aliphatic rings. The van der Waals surface area contributed by atoms with Crippen LogP contribution in [-0.2, 0) is 6.54 Å². The number of aromatic nitrogens is 2. The molecule has 3 rings (SSSR count). The Labute approximate surface area is 160 Å². The van der Waals surface area contributed by atoms with Crippen molar-refractivity contribution in [2.24, 2.45) is 0 Å². The second kappa shape index (κ2) is 8.94. The summed E-state index contributed by atoms with van der Waals surface area (Å²) in [7, 11) is 0. The first-order chi connectivity index (χ1) is 13.2. The van der Waals surface area contributed by atoms with E-state index in [4.69, 9.17) is 0 Å². The molecule has 0 saturated carbocycles. The van der Waals surface area contributed by atoms with Crippen LogP contribution in [0.15, 0.2) is 66.7 Å². The molecule has 2 aromatic carbocycles. The molecule has 0 fully saturated rings. The molecule has 0 radical (unpaired) electrons. The lowest BCUT2D eigenvalue weighted by Gasteiger charge is -2.23. The topological polar surface area (TPSA) is 58.1 Å². The van der Waals surface area contributed by atoms with E-state index in [-0.39, 0.29) is 5.91 Å². The molecule has 5 nitrogen and oxygen atoms in total. The van der Waals surface area contributed by atoms with Gasteiger partial charge in [-0.3, -0.25) is 4.79 Å². The largest absolute Gasteiger partial charge is 0.351 e. The van der Waals surface area contributed by atoms with Crippen LogP contribution in [0.1, 0.15) is 35.1 Å². The van der Waals surface area contributed by atoms with Crippen LogP contribution >= 0.6 is 0 Å². The van der Waals surface area contributed by atoms with Crippen molar-refractivity contribution in [3.63, 3.8) is 0 Å². The number of carbonyl (C=O) groups excluding carboxylic acids is 1. The molecule has 5 heteroatoms. The van der Waals surface area contributed by atoms with Crippen molar-refractivity contribution in [1.82, 2.24) is 15.3 Å². The summed E-state index contributed by atoms with van der Waals surface area (Å²) >= 11 is 0. The average molecular weight is 360 g/mol. The second-order valence-electron chi connectivity index (χ2n) is 6.36. The Morgan fingerprint density at radius 2 is 1.67 bits per heavy atom. The lowest BCUT2D eigenvalue weighted by molar-refractivity contribution is 0.0948. The Hall–Kier alpha value is -3.21. The third-order valence-electron chi connectivity index (χ3n) is 4.10. The Morgan fingerprint density at radius 1 is 1.00 bits per heavy atom. The highest BCUT2D eigenvalue weighted by Gasteiger charge is 2.17. The third-order valence-corrected chi connectivity index (χ3v) is 4.10. The van der Waals surface area contributed by atoms with Gasteiger partial charge in [0.1, 0.15) is 5.69 Å². The van der Waals surface area contributed by atoms with E-state index in [2.05, 4.69) is 27.4 Å². The number of anilines is 2. The van der Waals surface area contributed by atoms with Gasteiger partial charge in [0.25, 0.3) is 5.91 Å². The molecule has 0 bridgehead atoms. The maximum atomic E-state index is 12.4. The first-order valence-corrected chi connectivity index (χ1v) is 9.17. The van der Waals surface area contributed by atoms with E-state index in [9.17, 15) is 4.79 Å². The number of para-hydroxylation sites is 1. The zero-order valence-corrected chi connectivity index (χ0v) is 15.7. The number of hydrogen-bond donors (Lipinski definition) is 1. The average Bonchev–Trinajstić information content (AvgIpc) is 2.71. The smallest absolute Gasteiger partial charge is 0.270 e. The summed E-state index contributed by atoms with van der Waals surface area (Å²) in [4.78, 5) is 23.6. The molecule has 0 saturated heterocycles. The highest BCUT2D eigenvalue weighted by Crippen LogP contribution is 2.25. The van der Waals surface area contributed by atoms with Crippen LogP contribution in [0.4, 0.5) is 11.6 Å². The van der Waals surface area contributed by atoms with Crippen LogP contribution in [0, 0.1) is 6.92 Å². The number of benzene rings is 2. The van der Waals surface area contributed by atoms with Gasteiger partial charge < -0.3 is 10.2 Å². The van der Waals surface area contributed by atoms with Gasteiger partial charge in [-0.1, -0.05) is 55.5 Å². The number of rotatable bonds is 7. The van der Waals surface area contributed by atoms with Gasteiger partial charge in [-0.05, 0) is 37.1 Å². The Bertz CT molecular complexity index is 881. The Balaban J connectivity index is 1.99. The fraction of sp³-hybridized carbons (Fsp3) is 0.227. The summed E-state index contributed by atoms with van der Waals surface area (Å²) in [5.74, 6) is 0.350. The van der Waals surface area contributed by atoms with Crippen molar-refractivity contribution in [3.05, 3.63) is 83.7 Å². The summed E-state index contributed by atoms with van der Waals surface area (Å²) in [5.41, 5.74) is 3.27. The molecule has 1 heterocycles. The molecule has 0 atom stereocenters. The predicted octanol–water partition coefficient (Wildman–Crippen LogP) is 4.26. The van der Waals surface area contributed by atoms with Crippen molar-refractivity contribution >= 4 is 17.5 Å². The molecule has 3 aromatic rings. The number of amides is 1. The van der Waals surface area contributed by atoms with Gasteiger partial charge in [0, 0.05) is 17.9 Å². The minimum Gasteiger partial charge on any atom is -0.351 e. The molecule has 0 aliphatic heterocycles. The summed E-state index contributed by atoms with van der Waals surface area (Å²) in [6.45, 7) is 5.15. The van der Waals surface area contributed by atoms with E-state index in [0.717, 1.165) is 23.4 Å². The fourth-order valence-corrected chi connectivity index (χ4v) is 2.77. The van der Waals surface area contributed by atoms with Crippen molar-refractivity contribution in [3.8, 4) is 0 Å². The lowest BCUT2D eigenvalue weighted by atomic mass is 10.2. The Kier molecular flexibility index (Phi) is 6.15. The first kappa shape index (κ1) is 18.6. The van der Waals surface area contributed by atoms with E-state index in [1.807, 2.05) is 67.3 Å². The summed E-state index contributed by atoms with van der Waals surface area (Å²) in [6.07, 6.45) is 0.882. The number of hydrogen-bond acceptors (Lipinski definition) is 4. The van der Waals surface area contributed by atoms with E-state index in [1.165, 1.54) is 0 Å². The predicted molar refractivity (Wildman–Crippen MR) is 108 cm³/mol. The van der Waals surface area contributed by atoms with Crippen LogP contribution in [-0.4, -0.2) is 22.4 Å². The quantitative estimate of drug-likeness (QED) is 0.684. The van der Waals surface area contributed by atoms with Gasteiger partial charge in [-0.2, -0.15) is 0 Å². The first-order valence-electron chi connectivity index (χ1n) is 9.17. The highest BCUT2D eigenvalue weighted by molar-refractivity contribution is 5.92. The monoisotopic (exact) mass is 360 g/mol. The van der Waals surface area contributed by atoms with Crippen molar-refractivity contribution in [2.45, 2.75) is 26.8 Å². The van der Waals surface area contributed by atoms with Crippen LogP contribution in [0.3, 0.4) is 0 Å². The molecule has 1 amide bonds. The number of nitrogens with zero attached hydrogens (tertiary/aromatic N) is 3. The maximum absolute atomic E-state index is 12.4. The maximum Gasteiger partial charge on any atom is 0.270 e. The third kappa shape index (κ3) is 4.91. The van der Waals surface area contributed by atoms with Gasteiger partial charge in [-0.25, -0.2) is 9.97 Å². The molecule has 0 unspecified atom stereocenters.